The standard InChI is InChI=1S/C16H23N5OS/c1-5-11-6-8-12(9-7-11)18-13(22)10-23-15-20-19-14(21(15)17)16(2,3)4/h6-9H,5,10,17H2,1-4H3,(H,18,22). The molecule has 124 valence electrons. The van der Waals surface area contributed by atoms with E-state index in [0.717, 1.165) is 12.1 Å². The molecule has 2 aromatic rings. The number of aryl methyl sites for hydroxylation is 1. The van der Waals surface area contributed by atoms with Crippen LogP contribution in [0.2, 0.25) is 0 Å². The van der Waals surface area contributed by atoms with Crippen LogP contribution < -0.4 is 11.2 Å². The Morgan fingerprint density at radius 2 is 1.91 bits per heavy atom. The van der Waals surface area contributed by atoms with Crippen molar-refractivity contribution < 1.29 is 4.79 Å². The van der Waals surface area contributed by atoms with E-state index in [2.05, 4.69) is 22.4 Å². The zero-order chi connectivity index (χ0) is 17.0. The number of amides is 1. The number of nitrogen functional groups attached to an aromatic ring is 1. The number of aromatic nitrogens is 3. The number of nitrogens with two attached hydrogens (primary N) is 1. The molecule has 1 aromatic carbocycles. The van der Waals surface area contributed by atoms with E-state index in [9.17, 15) is 4.79 Å². The molecule has 3 N–H and O–H groups in total. The van der Waals surface area contributed by atoms with Gasteiger partial charge in [-0.3, -0.25) is 4.79 Å². The minimum atomic E-state index is -0.191. The molecule has 0 spiro atoms. The summed E-state index contributed by atoms with van der Waals surface area (Å²) in [5.74, 6) is 6.82. The van der Waals surface area contributed by atoms with Gasteiger partial charge in [-0.25, -0.2) is 4.68 Å². The largest absolute Gasteiger partial charge is 0.336 e. The molecule has 0 fully saturated rings. The number of benzene rings is 1. The Bertz CT molecular complexity index is 673. The number of nitrogens with one attached hydrogen (secondary N) is 1. The molecule has 0 radical (unpaired) electrons. The van der Waals surface area contributed by atoms with Gasteiger partial charge in [0, 0.05) is 11.1 Å². The Morgan fingerprint density at radius 1 is 1.26 bits per heavy atom. The molecule has 0 aliphatic heterocycles. The zero-order valence-electron chi connectivity index (χ0n) is 14.0. The highest BCUT2D eigenvalue weighted by Crippen LogP contribution is 2.23. The lowest BCUT2D eigenvalue weighted by Gasteiger charge is -2.16. The molecule has 0 aliphatic carbocycles. The lowest BCUT2D eigenvalue weighted by molar-refractivity contribution is -0.113. The average Bonchev–Trinajstić information content (AvgIpc) is 2.87. The van der Waals surface area contributed by atoms with Gasteiger partial charge in [0.15, 0.2) is 5.82 Å². The summed E-state index contributed by atoms with van der Waals surface area (Å²) in [7, 11) is 0. The summed E-state index contributed by atoms with van der Waals surface area (Å²) in [5.41, 5.74) is 1.84. The van der Waals surface area contributed by atoms with E-state index in [4.69, 9.17) is 5.84 Å². The van der Waals surface area contributed by atoms with Crippen LogP contribution in [0.15, 0.2) is 29.4 Å². The van der Waals surface area contributed by atoms with Crippen LogP contribution in [0.1, 0.15) is 39.1 Å². The number of hydrogen-bond acceptors (Lipinski definition) is 5. The maximum absolute atomic E-state index is 12.0. The van der Waals surface area contributed by atoms with Gasteiger partial charge in [0.1, 0.15) is 0 Å². The van der Waals surface area contributed by atoms with E-state index < -0.39 is 0 Å². The van der Waals surface area contributed by atoms with Crippen LogP contribution in [-0.2, 0) is 16.6 Å². The summed E-state index contributed by atoms with van der Waals surface area (Å²) < 4.78 is 1.45. The maximum atomic E-state index is 12.0. The summed E-state index contributed by atoms with van der Waals surface area (Å²) >= 11 is 1.27. The molecule has 0 aliphatic rings. The topological polar surface area (TPSA) is 85.8 Å². The molecule has 0 atom stereocenters. The number of anilines is 1. The van der Waals surface area contributed by atoms with Gasteiger partial charge >= 0.3 is 0 Å². The monoisotopic (exact) mass is 333 g/mol. The van der Waals surface area contributed by atoms with Crippen molar-refractivity contribution in [3.8, 4) is 0 Å². The van der Waals surface area contributed by atoms with Crippen molar-refractivity contribution in [3.05, 3.63) is 35.7 Å². The Labute approximate surface area is 140 Å². The lowest BCUT2D eigenvalue weighted by Crippen LogP contribution is -2.24. The molecule has 0 saturated heterocycles. The maximum Gasteiger partial charge on any atom is 0.234 e. The molecule has 0 bridgehead atoms. The van der Waals surface area contributed by atoms with Gasteiger partial charge in [-0.05, 0) is 24.1 Å². The Morgan fingerprint density at radius 3 is 2.43 bits per heavy atom. The number of hydrogen-bond donors (Lipinski definition) is 2. The van der Waals surface area contributed by atoms with Crippen LogP contribution in [0.5, 0.6) is 0 Å². The molecular weight excluding hydrogens is 310 g/mol. The second-order valence-corrected chi connectivity index (χ2v) is 7.26. The van der Waals surface area contributed by atoms with Crippen LogP contribution in [0, 0.1) is 0 Å². The summed E-state index contributed by atoms with van der Waals surface area (Å²) in [6.45, 7) is 8.14. The van der Waals surface area contributed by atoms with Crippen molar-refractivity contribution in [3.63, 3.8) is 0 Å². The van der Waals surface area contributed by atoms with E-state index in [0.29, 0.717) is 11.0 Å². The summed E-state index contributed by atoms with van der Waals surface area (Å²) in [6, 6.07) is 7.83. The van der Waals surface area contributed by atoms with Crippen LogP contribution in [-0.4, -0.2) is 26.5 Å². The molecule has 1 heterocycles. The fourth-order valence-corrected chi connectivity index (χ4v) is 2.69. The van der Waals surface area contributed by atoms with Gasteiger partial charge in [-0.1, -0.05) is 51.6 Å². The highest BCUT2D eigenvalue weighted by atomic mass is 32.2. The molecule has 6 nitrogen and oxygen atoms in total. The first kappa shape index (κ1) is 17.3. The SMILES string of the molecule is CCc1ccc(NC(=O)CSc2nnc(C(C)(C)C)n2N)cc1. The highest BCUT2D eigenvalue weighted by Gasteiger charge is 2.23. The van der Waals surface area contributed by atoms with Crippen molar-refractivity contribution in [2.75, 3.05) is 16.9 Å². The van der Waals surface area contributed by atoms with Crippen molar-refractivity contribution in [1.29, 1.82) is 0 Å². The molecule has 7 heteroatoms. The molecule has 23 heavy (non-hydrogen) atoms. The fourth-order valence-electron chi connectivity index (χ4n) is 2.04. The second kappa shape index (κ2) is 7.04. The Balaban J connectivity index is 1.93. The average molecular weight is 333 g/mol. The van der Waals surface area contributed by atoms with E-state index in [1.165, 1.54) is 22.0 Å². The molecule has 0 unspecified atom stereocenters. The van der Waals surface area contributed by atoms with Crippen LogP contribution in [0.4, 0.5) is 5.69 Å². The Kier molecular flexibility index (Phi) is 5.30. The first-order chi connectivity index (χ1) is 10.8. The quantitative estimate of drug-likeness (QED) is 0.649. The molecule has 1 amide bonds. The van der Waals surface area contributed by atoms with Gasteiger partial charge in [-0.15, -0.1) is 10.2 Å². The minimum absolute atomic E-state index is 0.0976. The van der Waals surface area contributed by atoms with Crippen LogP contribution >= 0.6 is 11.8 Å². The minimum Gasteiger partial charge on any atom is -0.336 e. The van der Waals surface area contributed by atoms with E-state index in [-0.39, 0.29) is 17.1 Å². The predicted molar refractivity (Wildman–Crippen MR) is 94.0 cm³/mol. The zero-order valence-corrected chi connectivity index (χ0v) is 14.8. The van der Waals surface area contributed by atoms with E-state index in [1.807, 2.05) is 45.0 Å². The number of carbonyl (C=O) groups is 1. The molecule has 0 saturated carbocycles. The third kappa shape index (κ3) is 4.48. The van der Waals surface area contributed by atoms with Gasteiger partial charge in [0.25, 0.3) is 0 Å². The Hall–Kier alpha value is -2.02. The smallest absolute Gasteiger partial charge is 0.234 e. The van der Waals surface area contributed by atoms with Crippen molar-refractivity contribution >= 4 is 23.4 Å². The highest BCUT2D eigenvalue weighted by molar-refractivity contribution is 7.99. The summed E-state index contributed by atoms with van der Waals surface area (Å²) in [6.07, 6.45) is 0.979. The number of thioether (sulfide) groups is 1. The van der Waals surface area contributed by atoms with Crippen LogP contribution in [0.25, 0.3) is 0 Å². The first-order valence-corrected chi connectivity index (χ1v) is 8.52. The molecule has 2 rings (SSSR count). The molecular formula is C16H23N5OS. The third-order valence-electron chi connectivity index (χ3n) is 3.31. The second-order valence-electron chi connectivity index (χ2n) is 6.31. The number of nitrogens with zero attached hydrogens (tertiary/aromatic N) is 3. The number of carbonyl (C=O) groups excluding carboxylic acids is 1. The first-order valence-electron chi connectivity index (χ1n) is 7.54. The number of rotatable bonds is 5. The normalized spacial score (nSPS) is 11.5. The summed E-state index contributed by atoms with van der Waals surface area (Å²) in [5, 5.41) is 11.6. The predicted octanol–water partition coefficient (Wildman–Crippen LogP) is 2.58. The van der Waals surface area contributed by atoms with E-state index >= 15 is 0 Å². The fraction of sp³-hybridized carbons (Fsp3) is 0.438. The van der Waals surface area contributed by atoms with Crippen molar-refractivity contribution in [1.82, 2.24) is 14.9 Å². The van der Waals surface area contributed by atoms with Crippen molar-refractivity contribution in [2.45, 2.75) is 44.7 Å². The van der Waals surface area contributed by atoms with Crippen LogP contribution in [0.3, 0.4) is 0 Å². The van der Waals surface area contributed by atoms with Crippen molar-refractivity contribution in [2.24, 2.45) is 0 Å². The van der Waals surface area contributed by atoms with Gasteiger partial charge in [0.05, 0.1) is 5.75 Å². The lowest BCUT2D eigenvalue weighted by atomic mass is 9.96. The molecule has 1 aromatic heterocycles. The summed E-state index contributed by atoms with van der Waals surface area (Å²) in [4.78, 5) is 12.0. The van der Waals surface area contributed by atoms with E-state index in [1.54, 1.807) is 0 Å². The van der Waals surface area contributed by atoms with Gasteiger partial charge in [-0.2, -0.15) is 0 Å². The third-order valence-corrected chi connectivity index (χ3v) is 4.26. The van der Waals surface area contributed by atoms with Gasteiger partial charge in [0.2, 0.25) is 11.1 Å². The van der Waals surface area contributed by atoms with Gasteiger partial charge < -0.3 is 11.2 Å².